The van der Waals surface area contributed by atoms with Gasteiger partial charge in [-0.2, -0.15) is 0 Å². The fraction of sp³-hybridized carbons (Fsp3) is 0.333. The molecule has 1 atom stereocenters. The first-order valence-electron chi connectivity index (χ1n) is 8.13. The molecule has 130 valence electrons. The second-order valence-electron chi connectivity index (χ2n) is 6.02. The van der Waals surface area contributed by atoms with Crippen LogP contribution >= 0.6 is 11.3 Å². The third-order valence-corrected chi connectivity index (χ3v) is 5.46. The molecule has 0 unspecified atom stereocenters. The van der Waals surface area contributed by atoms with Crippen LogP contribution in [0.3, 0.4) is 0 Å². The Bertz CT molecular complexity index is 822. The summed E-state index contributed by atoms with van der Waals surface area (Å²) in [6.45, 7) is 1.73. The Kier molecular flexibility index (Phi) is 4.09. The molecule has 0 saturated heterocycles. The Morgan fingerprint density at radius 2 is 2.04 bits per heavy atom. The normalized spacial score (nSPS) is 15.6. The summed E-state index contributed by atoms with van der Waals surface area (Å²) in [6.07, 6.45) is 2.28. The van der Waals surface area contributed by atoms with Crippen molar-refractivity contribution in [3.8, 4) is 11.5 Å². The van der Waals surface area contributed by atoms with Crippen LogP contribution in [-0.2, 0) is 22.4 Å². The van der Waals surface area contributed by atoms with Gasteiger partial charge in [-0.3, -0.25) is 4.79 Å². The number of benzene rings is 1. The van der Waals surface area contributed by atoms with Crippen molar-refractivity contribution >= 4 is 28.9 Å². The van der Waals surface area contributed by atoms with Gasteiger partial charge in [-0.05, 0) is 49.9 Å². The summed E-state index contributed by atoms with van der Waals surface area (Å²) >= 11 is 1.46. The molecule has 0 saturated carbocycles. The third kappa shape index (κ3) is 3.19. The van der Waals surface area contributed by atoms with Crippen molar-refractivity contribution in [3.05, 3.63) is 39.6 Å². The number of aryl methyl sites for hydroxylation is 2. The number of hydrogen-bond donors (Lipinski definition) is 1. The fourth-order valence-electron chi connectivity index (χ4n) is 2.92. The lowest BCUT2D eigenvalue weighted by Gasteiger charge is -2.13. The zero-order chi connectivity index (χ0) is 17.4. The smallest absolute Gasteiger partial charge is 0.349 e. The molecule has 6 nitrogen and oxygen atoms in total. The van der Waals surface area contributed by atoms with Gasteiger partial charge in [0.2, 0.25) is 6.79 Å². The lowest BCUT2D eigenvalue weighted by Crippen LogP contribution is -2.29. The maximum absolute atomic E-state index is 12.3. The van der Waals surface area contributed by atoms with Gasteiger partial charge in [0, 0.05) is 16.6 Å². The first-order valence-corrected chi connectivity index (χ1v) is 8.95. The first kappa shape index (κ1) is 16.0. The molecule has 2 aliphatic rings. The number of fused-ring (bicyclic) bond motifs is 2. The molecular formula is C18H17NO5S. The molecule has 1 aliphatic heterocycles. The maximum Gasteiger partial charge on any atom is 0.349 e. The van der Waals surface area contributed by atoms with E-state index in [9.17, 15) is 9.59 Å². The van der Waals surface area contributed by atoms with Gasteiger partial charge in [0.05, 0.1) is 0 Å². The van der Waals surface area contributed by atoms with Gasteiger partial charge in [0.25, 0.3) is 5.91 Å². The molecule has 0 spiro atoms. The molecule has 0 bridgehead atoms. The Morgan fingerprint density at radius 1 is 1.20 bits per heavy atom. The van der Waals surface area contributed by atoms with E-state index >= 15 is 0 Å². The highest BCUT2D eigenvalue weighted by molar-refractivity contribution is 7.14. The Labute approximate surface area is 148 Å². The van der Waals surface area contributed by atoms with Crippen LogP contribution < -0.4 is 14.8 Å². The summed E-state index contributed by atoms with van der Waals surface area (Å²) in [6, 6.07) is 7.00. The summed E-state index contributed by atoms with van der Waals surface area (Å²) < 4.78 is 15.8. The van der Waals surface area contributed by atoms with E-state index in [-0.39, 0.29) is 6.79 Å². The molecule has 1 aromatic carbocycles. The predicted molar refractivity (Wildman–Crippen MR) is 92.4 cm³/mol. The lowest BCUT2D eigenvalue weighted by molar-refractivity contribution is -0.123. The fourth-order valence-corrected chi connectivity index (χ4v) is 4.06. The van der Waals surface area contributed by atoms with Crippen LogP contribution in [0.1, 0.15) is 33.5 Å². The highest BCUT2D eigenvalue weighted by Gasteiger charge is 2.24. The topological polar surface area (TPSA) is 73.9 Å². The molecule has 0 fully saturated rings. The van der Waals surface area contributed by atoms with Crippen LogP contribution in [0.15, 0.2) is 24.3 Å². The molecule has 1 aliphatic carbocycles. The molecule has 2 aromatic rings. The van der Waals surface area contributed by atoms with Crippen LogP contribution in [0.5, 0.6) is 11.5 Å². The van der Waals surface area contributed by atoms with Crippen molar-refractivity contribution in [1.82, 2.24) is 0 Å². The van der Waals surface area contributed by atoms with Crippen molar-refractivity contribution in [2.75, 3.05) is 12.1 Å². The average molecular weight is 359 g/mol. The zero-order valence-corrected chi connectivity index (χ0v) is 14.5. The van der Waals surface area contributed by atoms with Gasteiger partial charge in [0.1, 0.15) is 4.88 Å². The number of amides is 1. The van der Waals surface area contributed by atoms with Gasteiger partial charge in [0.15, 0.2) is 17.6 Å². The Balaban J connectivity index is 1.37. The number of esters is 1. The van der Waals surface area contributed by atoms with Crippen molar-refractivity contribution < 1.29 is 23.8 Å². The highest BCUT2D eigenvalue weighted by atomic mass is 32.1. The summed E-state index contributed by atoms with van der Waals surface area (Å²) in [5, 5.41) is 2.72. The van der Waals surface area contributed by atoms with E-state index in [0.29, 0.717) is 22.1 Å². The van der Waals surface area contributed by atoms with Crippen molar-refractivity contribution in [1.29, 1.82) is 0 Å². The Hall–Kier alpha value is -2.54. The zero-order valence-electron chi connectivity index (χ0n) is 13.7. The molecular weight excluding hydrogens is 342 g/mol. The molecule has 1 aromatic heterocycles. The summed E-state index contributed by atoms with van der Waals surface area (Å²) in [7, 11) is 0. The average Bonchev–Trinajstić information content (AvgIpc) is 3.29. The Morgan fingerprint density at radius 3 is 2.88 bits per heavy atom. The minimum absolute atomic E-state index is 0.172. The standard InChI is InChI=1S/C18H17NO5S/c1-10(24-18(21)16-7-11-3-2-4-15(11)25-16)17(20)19-12-5-6-13-14(8-12)23-9-22-13/h5-8,10H,2-4,9H2,1H3,(H,19,20)/t10-/m0/s1. The number of anilines is 1. The van der Waals surface area contributed by atoms with E-state index in [2.05, 4.69) is 5.32 Å². The van der Waals surface area contributed by atoms with E-state index in [1.807, 2.05) is 6.07 Å². The number of ether oxygens (including phenoxy) is 3. The summed E-state index contributed by atoms with van der Waals surface area (Å²) in [4.78, 5) is 26.3. The second-order valence-corrected chi connectivity index (χ2v) is 7.15. The second kappa shape index (κ2) is 6.40. The number of thiophene rings is 1. The minimum atomic E-state index is -0.894. The molecule has 1 N–H and O–H groups in total. The van der Waals surface area contributed by atoms with Gasteiger partial charge < -0.3 is 19.5 Å². The van der Waals surface area contributed by atoms with Crippen molar-refractivity contribution in [2.24, 2.45) is 0 Å². The van der Waals surface area contributed by atoms with Gasteiger partial charge >= 0.3 is 5.97 Å². The minimum Gasteiger partial charge on any atom is -0.454 e. The van der Waals surface area contributed by atoms with Gasteiger partial charge in [-0.25, -0.2) is 4.79 Å². The molecule has 2 heterocycles. The number of nitrogens with one attached hydrogen (secondary N) is 1. The molecule has 1 amide bonds. The van der Waals surface area contributed by atoms with Crippen LogP contribution in [0.4, 0.5) is 5.69 Å². The first-order chi connectivity index (χ1) is 12.1. The van der Waals surface area contributed by atoms with E-state index in [1.165, 1.54) is 21.8 Å². The van der Waals surface area contributed by atoms with E-state index in [0.717, 1.165) is 19.3 Å². The maximum atomic E-state index is 12.3. The van der Waals surface area contributed by atoms with Crippen LogP contribution in [0.2, 0.25) is 0 Å². The van der Waals surface area contributed by atoms with E-state index in [1.54, 1.807) is 25.1 Å². The number of carbonyl (C=O) groups is 2. The van der Waals surface area contributed by atoms with Crippen LogP contribution in [-0.4, -0.2) is 24.8 Å². The summed E-state index contributed by atoms with van der Waals surface area (Å²) in [5.41, 5.74) is 1.79. The van der Waals surface area contributed by atoms with E-state index in [4.69, 9.17) is 14.2 Å². The number of rotatable bonds is 4. The van der Waals surface area contributed by atoms with Crippen molar-refractivity contribution in [3.63, 3.8) is 0 Å². The largest absolute Gasteiger partial charge is 0.454 e. The van der Waals surface area contributed by atoms with Crippen molar-refractivity contribution in [2.45, 2.75) is 32.3 Å². The van der Waals surface area contributed by atoms with Gasteiger partial charge in [-0.15, -0.1) is 11.3 Å². The number of carbonyl (C=O) groups excluding carboxylic acids is 2. The quantitative estimate of drug-likeness (QED) is 0.849. The number of hydrogen-bond acceptors (Lipinski definition) is 6. The van der Waals surface area contributed by atoms with Crippen LogP contribution in [0.25, 0.3) is 0 Å². The van der Waals surface area contributed by atoms with Crippen LogP contribution in [0, 0.1) is 0 Å². The van der Waals surface area contributed by atoms with E-state index < -0.39 is 18.0 Å². The van der Waals surface area contributed by atoms with Gasteiger partial charge in [-0.1, -0.05) is 0 Å². The SMILES string of the molecule is C[C@H](OC(=O)c1cc2c(s1)CCC2)C(=O)Nc1ccc2c(c1)OCO2. The molecule has 7 heteroatoms. The lowest BCUT2D eigenvalue weighted by atomic mass is 10.2. The highest BCUT2D eigenvalue weighted by Crippen LogP contribution is 2.34. The molecule has 4 rings (SSSR count). The molecule has 25 heavy (non-hydrogen) atoms. The molecule has 0 radical (unpaired) electrons. The monoisotopic (exact) mass is 359 g/mol. The third-order valence-electron chi connectivity index (χ3n) is 4.24. The predicted octanol–water partition coefficient (Wildman–Crippen LogP) is 3.15. The summed E-state index contributed by atoms with van der Waals surface area (Å²) in [5.74, 6) is 0.378.